The second kappa shape index (κ2) is 20.4. The fraction of sp³-hybridized carbons (Fsp3) is 0.451. The second-order valence-electron chi connectivity index (χ2n) is 18.8. The topological polar surface area (TPSA) is 237 Å². The van der Waals surface area contributed by atoms with Gasteiger partial charge < -0.3 is 44.5 Å². The molecule has 1 atom stereocenters. The van der Waals surface area contributed by atoms with Crippen molar-refractivity contribution in [2.75, 3.05) is 50.7 Å². The number of amides is 1. The van der Waals surface area contributed by atoms with E-state index >= 15 is 0 Å². The smallest absolute Gasteiger partial charge is 0.343 e. The molecule has 0 spiro atoms. The number of aromatic hydroxyl groups is 1. The van der Waals surface area contributed by atoms with E-state index in [1.165, 1.54) is 0 Å². The van der Waals surface area contributed by atoms with Crippen LogP contribution in [-0.4, -0.2) is 121 Å². The molecule has 0 bridgehead atoms. The van der Waals surface area contributed by atoms with Gasteiger partial charge in [0.15, 0.2) is 17.1 Å². The molecule has 5 aliphatic rings. The van der Waals surface area contributed by atoms with Crippen molar-refractivity contribution in [3.63, 3.8) is 0 Å². The number of rotatable bonds is 10. The fourth-order valence-electron chi connectivity index (χ4n) is 10.6. The largest absolute Gasteiger partial charge is 0.508 e. The lowest BCUT2D eigenvalue weighted by Crippen LogP contribution is -2.48. The van der Waals surface area contributed by atoms with E-state index < -0.39 is 11.6 Å². The number of fused-ring (bicyclic) bond motifs is 5. The molecule has 0 unspecified atom stereocenters. The first kappa shape index (κ1) is 48.4. The Labute approximate surface area is 409 Å². The van der Waals surface area contributed by atoms with Crippen molar-refractivity contribution >= 4 is 46.7 Å². The molecule has 3 fully saturated rings. The van der Waals surface area contributed by atoms with Crippen LogP contribution in [0.5, 0.6) is 11.5 Å². The number of halogens is 1. The number of carbonyl (C=O) groups excluding carboxylic acids is 2. The summed E-state index contributed by atoms with van der Waals surface area (Å²) in [6.45, 7) is 10.3. The van der Waals surface area contributed by atoms with Gasteiger partial charge in [0.25, 0.3) is 17.9 Å². The summed E-state index contributed by atoms with van der Waals surface area (Å²) in [7, 11) is 0. The van der Waals surface area contributed by atoms with E-state index in [1.807, 2.05) is 19.1 Å². The van der Waals surface area contributed by atoms with Crippen LogP contribution in [0.3, 0.4) is 0 Å². The van der Waals surface area contributed by atoms with Crippen molar-refractivity contribution in [2.24, 2.45) is 5.92 Å². The summed E-state index contributed by atoms with van der Waals surface area (Å²) >= 11 is 6.33. The number of nitrogens with zero attached hydrogens (tertiary/aromatic N) is 8. The van der Waals surface area contributed by atoms with Crippen LogP contribution in [0.15, 0.2) is 53.3 Å². The van der Waals surface area contributed by atoms with Crippen LogP contribution in [0.4, 0.5) is 5.82 Å². The van der Waals surface area contributed by atoms with Gasteiger partial charge in [-0.25, -0.2) is 9.78 Å². The molecule has 1 aliphatic carbocycles. The van der Waals surface area contributed by atoms with Crippen molar-refractivity contribution < 1.29 is 39.2 Å². The first-order chi connectivity index (χ1) is 33.8. The van der Waals surface area contributed by atoms with Crippen LogP contribution in [0.25, 0.3) is 22.3 Å². The summed E-state index contributed by atoms with van der Waals surface area (Å²) in [6, 6.07) is 16.5. The Morgan fingerprint density at radius 2 is 1.73 bits per heavy atom. The Balaban J connectivity index is 0.00000198. The number of hydrogen-bond donors (Lipinski definition) is 4. The second-order valence-corrected chi connectivity index (χ2v) is 19.2. The van der Waals surface area contributed by atoms with Crippen molar-refractivity contribution in [3.05, 3.63) is 103 Å². The number of ether oxygens (including phenoxy) is 2. The number of hydrogen-bond acceptors (Lipinski definition) is 15. The minimum atomic E-state index is -1.89. The quantitative estimate of drug-likeness (QED) is 0.101. The first-order valence-corrected chi connectivity index (χ1v) is 24.3. The number of piperidine rings is 1. The number of esters is 1. The number of benzene rings is 2. The number of phenols is 1. The van der Waals surface area contributed by atoms with Gasteiger partial charge in [0.2, 0.25) is 0 Å². The highest BCUT2D eigenvalue weighted by Crippen LogP contribution is 2.40. The van der Waals surface area contributed by atoms with Crippen molar-refractivity contribution in [3.8, 4) is 29.0 Å². The number of piperazine rings is 1. The summed E-state index contributed by atoms with van der Waals surface area (Å²) in [6.07, 6.45) is 5.32. The van der Waals surface area contributed by atoms with Gasteiger partial charge in [0, 0.05) is 86.0 Å². The minimum Gasteiger partial charge on any atom is -0.508 e. The van der Waals surface area contributed by atoms with Crippen LogP contribution in [0.1, 0.15) is 95.7 Å². The maximum absolute atomic E-state index is 13.7. The summed E-state index contributed by atoms with van der Waals surface area (Å²) in [5.41, 5.74) is 3.43. The van der Waals surface area contributed by atoms with Crippen LogP contribution in [-0.2, 0) is 39.6 Å². The van der Waals surface area contributed by atoms with Gasteiger partial charge in [0.05, 0.1) is 45.7 Å². The molecule has 19 heteroatoms. The molecule has 18 nitrogen and oxygen atoms in total. The number of aliphatic hydroxyl groups is 1. The van der Waals surface area contributed by atoms with Crippen LogP contribution >= 0.6 is 11.6 Å². The molecule has 10 rings (SSSR count). The Kier molecular flexibility index (Phi) is 14.1. The molecule has 2 aromatic carbocycles. The first-order valence-electron chi connectivity index (χ1n) is 23.9. The summed E-state index contributed by atoms with van der Waals surface area (Å²) in [5, 5.41) is 51.7. The number of pyridine rings is 2. The third-order valence-corrected chi connectivity index (χ3v) is 15.2. The molecule has 4 aliphatic heterocycles. The normalized spacial score (nSPS) is 21.4. The molecule has 0 radical (unpaired) electrons. The molecule has 4 N–H and O–H groups in total. The molecular formula is C51H56ClN9O9. The van der Waals surface area contributed by atoms with Gasteiger partial charge in [0.1, 0.15) is 24.2 Å². The maximum atomic E-state index is 13.7. The maximum Gasteiger partial charge on any atom is 0.343 e. The van der Waals surface area contributed by atoms with Gasteiger partial charge in [-0.3, -0.25) is 19.3 Å². The van der Waals surface area contributed by atoms with E-state index in [0.717, 1.165) is 112 Å². The van der Waals surface area contributed by atoms with Crippen molar-refractivity contribution in [2.45, 2.75) is 96.2 Å². The Bertz CT molecular complexity index is 2920. The molecule has 5 aromatic rings. The van der Waals surface area contributed by atoms with Gasteiger partial charge in [-0.05, 0) is 106 Å². The predicted octanol–water partition coefficient (Wildman–Crippen LogP) is 5.26. The number of nitriles is 1. The molecule has 1 saturated carbocycles. The zero-order valence-corrected chi connectivity index (χ0v) is 40.0. The van der Waals surface area contributed by atoms with E-state index in [4.69, 9.17) is 36.0 Å². The molecule has 2 saturated heterocycles. The number of anilines is 1. The van der Waals surface area contributed by atoms with Gasteiger partial charge >= 0.3 is 5.97 Å². The van der Waals surface area contributed by atoms with Crippen molar-refractivity contribution in [1.82, 2.24) is 34.9 Å². The average Bonchev–Trinajstić information content (AvgIpc) is 3.74. The van der Waals surface area contributed by atoms with E-state index in [1.54, 1.807) is 47.9 Å². The number of carbonyl (C=O) groups is 3. The van der Waals surface area contributed by atoms with E-state index in [2.05, 4.69) is 36.3 Å². The minimum absolute atomic E-state index is 0.0121. The molecule has 7 heterocycles. The Hall–Kier alpha value is -6.65. The van der Waals surface area contributed by atoms with Crippen molar-refractivity contribution in [1.29, 1.82) is 5.26 Å². The number of aromatic nitrogens is 4. The van der Waals surface area contributed by atoms with E-state index in [0.29, 0.717) is 57.9 Å². The number of cyclic esters (lactones) is 1. The predicted molar refractivity (Wildman–Crippen MR) is 259 cm³/mol. The lowest BCUT2D eigenvalue weighted by Gasteiger charge is -2.39. The fourth-order valence-corrected chi connectivity index (χ4v) is 10.8. The zero-order valence-electron chi connectivity index (χ0n) is 39.2. The zero-order chi connectivity index (χ0) is 49.3. The number of nitrogens with one attached hydrogen (secondary N) is 1. The summed E-state index contributed by atoms with van der Waals surface area (Å²) in [5.74, 6) is 1.27. The average molecular weight is 975 g/mol. The third kappa shape index (κ3) is 9.50. The number of phenolic OH excluding ortho intramolecular Hbond substituents is 1. The summed E-state index contributed by atoms with van der Waals surface area (Å²) in [4.78, 5) is 59.9. The highest BCUT2D eigenvalue weighted by atomic mass is 35.5. The highest BCUT2D eigenvalue weighted by Gasteiger charge is 2.45. The molecule has 70 heavy (non-hydrogen) atoms. The van der Waals surface area contributed by atoms with Crippen LogP contribution in [0.2, 0.25) is 5.02 Å². The molecule has 3 aromatic heterocycles. The Morgan fingerprint density at radius 1 is 1.00 bits per heavy atom. The lowest BCUT2D eigenvalue weighted by molar-refractivity contribution is -0.172. The molecular weight excluding hydrogens is 918 g/mol. The van der Waals surface area contributed by atoms with Gasteiger partial charge in [-0.15, -0.1) is 10.2 Å². The van der Waals surface area contributed by atoms with E-state index in [-0.39, 0.29) is 60.0 Å². The van der Waals surface area contributed by atoms with Gasteiger partial charge in [-0.2, -0.15) is 5.26 Å². The van der Waals surface area contributed by atoms with E-state index in [9.17, 15) is 29.9 Å². The van der Waals surface area contributed by atoms with Crippen LogP contribution in [0, 0.1) is 24.2 Å². The third-order valence-electron chi connectivity index (χ3n) is 14.7. The van der Waals surface area contributed by atoms with Crippen LogP contribution < -0.4 is 20.5 Å². The van der Waals surface area contributed by atoms with Gasteiger partial charge in [-0.1, -0.05) is 18.5 Å². The highest BCUT2D eigenvalue weighted by molar-refractivity contribution is 6.32. The lowest BCUT2D eigenvalue weighted by atomic mass is 9.86. The Morgan fingerprint density at radius 3 is 2.41 bits per heavy atom. The monoisotopic (exact) mass is 973 g/mol. The standard InChI is InChI=1S/C50H54ClN9O7.CH2O2/c1-3-50(65)38-23-41-46-32(26-60(41)48(63)37(38)28-66-49(50)64)22-35-36(42(61)11-9-39(35)54-46)27-58-20-18-57(19-21-58)25-30-14-16-59(17-15-30)44-13-10-40(55-56-44)47(62)53-33-5-7-34(8-6-33)67-43-12-4-31(24-52)45(51)29(43)2;2-1-3/h4,9-13,22-23,30,33-34,61,65H,3,5-8,14-21,25-28H2,1-2H3,(H,53,62);1H,(H,2,3)/t33?,34?,50-;/m0./s1. The summed E-state index contributed by atoms with van der Waals surface area (Å²) < 4.78 is 13.1. The molecule has 366 valence electrons. The SMILES string of the molecule is CC[C@@]1(O)C(=O)OCc2c1cc1n(c2=O)Cc2cc3c(CN4CCN(CC5CCN(c6ccc(C(=O)NC7CCC(Oc8ccc(C#N)c(Cl)c8C)CC7)nn6)CC5)CC4)c(O)ccc3nc2-1.O=CO. The molecule has 1 amide bonds. The number of carboxylic acid groups (broad SMARTS) is 1.